The summed E-state index contributed by atoms with van der Waals surface area (Å²) in [5.74, 6) is 0.407. The van der Waals surface area contributed by atoms with Gasteiger partial charge < -0.3 is 4.43 Å². The average Bonchev–Trinajstić information content (AvgIpc) is 2.52. The summed E-state index contributed by atoms with van der Waals surface area (Å²) in [4.78, 5) is 0.316. The molecule has 1 aliphatic carbocycles. The average molecular weight is 407 g/mol. The molecule has 1 saturated carbocycles. The highest BCUT2D eigenvalue weighted by Gasteiger charge is 2.46. The molecule has 0 radical (unpaired) electrons. The lowest BCUT2D eigenvalue weighted by Gasteiger charge is -2.48. The van der Waals surface area contributed by atoms with E-state index in [4.69, 9.17) is 4.43 Å². The third-order valence-electron chi connectivity index (χ3n) is 6.44. The molecular formula is C22H34O3SSi. The van der Waals surface area contributed by atoms with E-state index in [9.17, 15) is 8.42 Å². The van der Waals surface area contributed by atoms with Crippen molar-refractivity contribution in [1.29, 1.82) is 0 Å². The van der Waals surface area contributed by atoms with Crippen LogP contribution in [0.5, 0.6) is 0 Å². The number of benzene rings is 1. The summed E-state index contributed by atoms with van der Waals surface area (Å²) in [7, 11) is -5.22. The van der Waals surface area contributed by atoms with Crippen LogP contribution < -0.4 is 0 Å². The van der Waals surface area contributed by atoms with E-state index in [-0.39, 0.29) is 10.5 Å². The molecule has 0 aromatic heterocycles. The first-order valence-electron chi connectivity index (χ1n) is 9.58. The molecule has 0 amide bonds. The first-order valence-corrected chi connectivity index (χ1v) is 14.0. The maximum atomic E-state index is 12.5. The Hall–Kier alpha value is -1.13. The van der Waals surface area contributed by atoms with Gasteiger partial charge in [-0.15, -0.1) is 5.73 Å². The van der Waals surface area contributed by atoms with Crippen molar-refractivity contribution in [1.82, 2.24) is 0 Å². The van der Waals surface area contributed by atoms with E-state index in [1.165, 1.54) is 5.41 Å². The zero-order valence-corrected chi connectivity index (χ0v) is 19.8. The van der Waals surface area contributed by atoms with E-state index in [0.29, 0.717) is 10.8 Å². The van der Waals surface area contributed by atoms with Gasteiger partial charge >= 0.3 is 0 Å². The van der Waals surface area contributed by atoms with E-state index in [1.807, 2.05) is 19.1 Å². The van der Waals surface area contributed by atoms with Crippen LogP contribution in [0.3, 0.4) is 0 Å². The summed E-state index contributed by atoms with van der Waals surface area (Å²) in [5.41, 5.74) is 5.10. The lowest BCUT2D eigenvalue weighted by molar-refractivity contribution is 0.0901. The molecule has 5 heteroatoms. The summed E-state index contributed by atoms with van der Waals surface area (Å²) in [6.07, 6.45) is 0.849. The third kappa shape index (κ3) is 4.83. The molecule has 1 aliphatic rings. The highest BCUT2D eigenvalue weighted by molar-refractivity contribution is 7.94. The van der Waals surface area contributed by atoms with Crippen LogP contribution >= 0.6 is 0 Å². The van der Waals surface area contributed by atoms with Crippen LogP contribution in [0.15, 0.2) is 45.9 Å². The number of hydrogen-bond acceptors (Lipinski definition) is 3. The maximum absolute atomic E-state index is 12.5. The number of hydrogen-bond donors (Lipinski definition) is 0. The van der Waals surface area contributed by atoms with Crippen molar-refractivity contribution in [3.8, 4) is 0 Å². The molecular weight excluding hydrogens is 372 g/mol. The van der Waals surface area contributed by atoms with E-state index < -0.39 is 18.2 Å². The van der Waals surface area contributed by atoms with E-state index in [0.717, 1.165) is 24.2 Å². The third-order valence-corrected chi connectivity index (χ3v) is 12.3. The molecule has 0 heterocycles. The molecule has 0 bridgehead atoms. The molecule has 27 heavy (non-hydrogen) atoms. The van der Waals surface area contributed by atoms with Gasteiger partial charge in [-0.2, -0.15) is 0 Å². The first-order chi connectivity index (χ1) is 12.2. The number of aryl methyl sites for hydroxylation is 1. The fraction of sp³-hybridized carbons (Fsp3) is 0.591. The molecule has 2 rings (SSSR count). The summed E-state index contributed by atoms with van der Waals surface area (Å²) < 4.78 is 31.4. The molecule has 150 valence electrons. The number of rotatable bonds is 5. The van der Waals surface area contributed by atoms with Gasteiger partial charge in [-0.3, -0.25) is 0 Å². The van der Waals surface area contributed by atoms with Gasteiger partial charge in [0.2, 0.25) is 9.84 Å². The molecule has 1 aromatic rings. The van der Waals surface area contributed by atoms with Gasteiger partial charge in [-0.1, -0.05) is 52.3 Å². The molecule has 1 fully saturated rings. The normalized spacial score (nSPS) is 20.0. The zero-order valence-electron chi connectivity index (χ0n) is 18.0. The lowest BCUT2D eigenvalue weighted by atomic mass is 9.59. The van der Waals surface area contributed by atoms with Crippen LogP contribution in [0, 0.1) is 18.3 Å². The highest BCUT2D eigenvalue weighted by atomic mass is 32.2. The van der Waals surface area contributed by atoms with Crippen molar-refractivity contribution in [3.05, 3.63) is 46.5 Å². The monoisotopic (exact) mass is 406 g/mol. The molecule has 0 N–H and O–H groups in total. The molecule has 1 unspecified atom stereocenters. The second kappa shape index (κ2) is 7.36. The SMILES string of the molecule is Cc1ccc(S(=O)(=O)C=C=C2CC(CO[Si](C)(C)C(C)(C)C)C2(C)C)cc1. The summed E-state index contributed by atoms with van der Waals surface area (Å²) >= 11 is 0. The minimum absolute atomic E-state index is 0.0817. The van der Waals surface area contributed by atoms with Gasteiger partial charge in [-0.25, -0.2) is 8.42 Å². The Labute approximate surface area is 166 Å². The number of sulfone groups is 1. The van der Waals surface area contributed by atoms with Crippen LogP contribution in [0.25, 0.3) is 0 Å². The Balaban J connectivity index is 2.11. The van der Waals surface area contributed by atoms with Crippen molar-refractivity contribution < 1.29 is 12.8 Å². The second-order valence-corrected chi connectivity index (χ2v) is 16.4. The van der Waals surface area contributed by atoms with Gasteiger partial charge in [0.15, 0.2) is 8.32 Å². The second-order valence-electron chi connectivity index (χ2n) is 9.79. The van der Waals surface area contributed by atoms with Gasteiger partial charge in [0.1, 0.15) is 0 Å². The Morgan fingerprint density at radius 3 is 2.26 bits per heavy atom. The molecule has 1 atom stereocenters. The standard InChI is InChI=1S/C22H34O3SSi/c1-17-9-11-20(12-10-17)26(23,24)14-13-18-15-19(22(18,5)6)16-25-27(7,8)21(2,3)4/h9-12,14,19H,15-16H2,1-8H3. The van der Waals surface area contributed by atoms with E-state index >= 15 is 0 Å². The molecule has 0 saturated heterocycles. The largest absolute Gasteiger partial charge is 0.417 e. The molecule has 0 aliphatic heterocycles. The minimum Gasteiger partial charge on any atom is -0.417 e. The van der Waals surface area contributed by atoms with E-state index in [2.05, 4.69) is 53.4 Å². The highest BCUT2D eigenvalue weighted by Crippen LogP contribution is 2.51. The Morgan fingerprint density at radius 1 is 1.22 bits per heavy atom. The predicted octanol–water partition coefficient (Wildman–Crippen LogP) is 5.88. The Kier molecular flexibility index (Phi) is 6.04. The van der Waals surface area contributed by atoms with Gasteiger partial charge in [0.25, 0.3) is 0 Å². The van der Waals surface area contributed by atoms with Crippen molar-refractivity contribution in [2.75, 3.05) is 6.61 Å². The van der Waals surface area contributed by atoms with Crippen LogP contribution in [0.1, 0.15) is 46.6 Å². The Bertz CT molecular complexity index is 850. The fourth-order valence-electron chi connectivity index (χ4n) is 2.86. The summed E-state index contributed by atoms with van der Waals surface area (Å²) in [6, 6.07) is 6.93. The molecule has 1 aromatic carbocycles. The quantitative estimate of drug-likeness (QED) is 0.453. The molecule has 0 spiro atoms. The van der Waals surface area contributed by atoms with Crippen molar-refractivity contribution in [2.45, 2.75) is 71.0 Å². The van der Waals surface area contributed by atoms with E-state index in [1.54, 1.807) is 12.1 Å². The first kappa shape index (κ1) is 22.2. The predicted molar refractivity (Wildman–Crippen MR) is 115 cm³/mol. The number of allylic oxidation sites excluding steroid dienone is 1. The van der Waals surface area contributed by atoms with Crippen LogP contribution in [0.4, 0.5) is 0 Å². The summed E-state index contributed by atoms with van der Waals surface area (Å²) in [5, 5.41) is 1.43. The zero-order chi connectivity index (χ0) is 20.7. The maximum Gasteiger partial charge on any atom is 0.207 e. The fourth-order valence-corrected chi connectivity index (χ4v) is 4.86. The van der Waals surface area contributed by atoms with Crippen molar-refractivity contribution in [3.63, 3.8) is 0 Å². The van der Waals surface area contributed by atoms with Crippen LogP contribution in [-0.2, 0) is 14.3 Å². The smallest absolute Gasteiger partial charge is 0.207 e. The minimum atomic E-state index is -3.45. The van der Waals surface area contributed by atoms with Gasteiger partial charge in [0, 0.05) is 6.61 Å². The van der Waals surface area contributed by atoms with Gasteiger partial charge in [-0.05, 0) is 60.5 Å². The van der Waals surface area contributed by atoms with Crippen LogP contribution in [0.2, 0.25) is 18.1 Å². The van der Waals surface area contributed by atoms with Gasteiger partial charge in [0.05, 0.1) is 10.3 Å². The van der Waals surface area contributed by atoms with Crippen molar-refractivity contribution >= 4 is 18.2 Å². The summed E-state index contributed by atoms with van der Waals surface area (Å²) in [6.45, 7) is 18.3. The molecule has 3 nitrogen and oxygen atoms in total. The topological polar surface area (TPSA) is 43.4 Å². The lowest BCUT2D eigenvalue weighted by Crippen LogP contribution is -2.46. The van der Waals surface area contributed by atoms with Crippen LogP contribution in [-0.4, -0.2) is 23.3 Å². The van der Waals surface area contributed by atoms with Crippen molar-refractivity contribution in [2.24, 2.45) is 11.3 Å². The Morgan fingerprint density at radius 2 is 1.78 bits per heavy atom.